The van der Waals surface area contributed by atoms with Crippen molar-refractivity contribution in [1.29, 1.82) is 0 Å². The molecule has 0 radical (unpaired) electrons. The van der Waals surface area contributed by atoms with Gasteiger partial charge in [0, 0.05) is 5.56 Å². The van der Waals surface area contributed by atoms with Gasteiger partial charge in [-0.1, -0.05) is 0 Å². The summed E-state index contributed by atoms with van der Waals surface area (Å²) in [5, 5.41) is 9.47. The zero-order chi connectivity index (χ0) is 12.5. The number of benzene rings is 1. The van der Waals surface area contributed by atoms with Gasteiger partial charge in [-0.3, -0.25) is 0 Å². The summed E-state index contributed by atoms with van der Waals surface area (Å²) >= 11 is 2.92. The van der Waals surface area contributed by atoms with E-state index in [9.17, 15) is 18.3 Å². The highest BCUT2D eigenvalue weighted by molar-refractivity contribution is 9.10. The smallest absolute Gasteiger partial charge is 0.407 e. The minimum absolute atomic E-state index is 0. The summed E-state index contributed by atoms with van der Waals surface area (Å²) in [6, 6.07) is 0.152. The monoisotopic (exact) mass is 335 g/mol. The van der Waals surface area contributed by atoms with E-state index in [4.69, 9.17) is 10.5 Å². The number of methoxy groups -OCH3 is 1. The summed E-state index contributed by atoms with van der Waals surface area (Å²) in [5.41, 5.74) is 4.57. The number of hydrogen-bond donors (Lipinski definition) is 2. The molecule has 3 nitrogen and oxygen atoms in total. The van der Waals surface area contributed by atoms with Crippen LogP contribution in [0.3, 0.4) is 0 Å². The number of aromatic hydroxyl groups is 1. The molecule has 1 aromatic rings. The van der Waals surface area contributed by atoms with Crippen LogP contribution in [0.15, 0.2) is 16.6 Å². The van der Waals surface area contributed by atoms with Crippen molar-refractivity contribution in [2.75, 3.05) is 7.11 Å². The van der Waals surface area contributed by atoms with Gasteiger partial charge in [0.2, 0.25) is 0 Å². The zero-order valence-electron chi connectivity index (χ0n) is 8.58. The van der Waals surface area contributed by atoms with Crippen LogP contribution < -0.4 is 10.5 Å². The lowest BCUT2D eigenvalue weighted by Gasteiger charge is -2.18. The van der Waals surface area contributed by atoms with Gasteiger partial charge in [-0.25, -0.2) is 0 Å². The number of ether oxygens (including phenoxy) is 1. The summed E-state index contributed by atoms with van der Waals surface area (Å²) in [6.07, 6.45) is -4.62. The molecular weight excluding hydrogens is 326 g/mol. The summed E-state index contributed by atoms with van der Waals surface area (Å²) in [7, 11) is 1.31. The quantitative estimate of drug-likeness (QED) is 0.872. The zero-order valence-corrected chi connectivity index (χ0v) is 11.0. The average Bonchev–Trinajstić information content (AvgIpc) is 2.19. The lowest BCUT2D eigenvalue weighted by molar-refractivity contribution is -0.149. The van der Waals surface area contributed by atoms with Crippen molar-refractivity contribution in [2.45, 2.75) is 12.2 Å². The molecule has 0 aliphatic rings. The van der Waals surface area contributed by atoms with E-state index in [0.717, 1.165) is 6.07 Å². The van der Waals surface area contributed by atoms with E-state index in [0.29, 0.717) is 0 Å². The van der Waals surface area contributed by atoms with Gasteiger partial charge in [-0.2, -0.15) is 13.2 Å². The molecule has 0 amide bonds. The number of alkyl halides is 3. The Morgan fingerprint density at radius 3 is 2.35 bits per heavy atom. The van der Waals surface area contributed by atoms with E-state index in [1.807, 2.05) is 0 Å². The number of rotatable bonds is 2. The molecule has 0 unspecified atom stereocenters. The molecule has 0 spiro atoms. The highest BCUT2D eigenvalue weighted by atomic mass is 79.9. The minimum Gasteiger partial charge on any atom is -0.506 e. The summed E-state index contributed by atoms with van der Waals surface area (Å²) < 4.78 is 42.1. The largest absolute Gasteiger partial charge is 0.506 e. The molecule has 1 rings (SSSR count). The third-order valence-corrected chi connectivity index (χ3v) is 2.59. The average molecular weight is 337 g/mol. The topological polar surface area (TPSA) is 55.5 Å². The van der Waals surface area contributed by atoms with E-state index < -0.39 is 23.5 Å². The molecule has 0 heterocycles. The van der Waals surface area contributed by atoms with Gasteiger partial charge in [0.25, 0.3) is 0 Å². The maximum atomic E-state index is 12.4. The van der Waals surface area contributed by atoms with Crippen LogP contribution in [0.25, 0.3) is 0 Å². The Hall–Kier alpha value is -0.660. The first-order valence-electron chi connectivity index (χ1n) is 4.16. The van der Waals surface area contributed by atoms with Crippen molar-refractivity contribution >= 4 is 28.3 Å². The number of halogens is 5. The van der Waals surface area contributed by atoms with Gasteiger partial charge in [0.15, 0.2) is 0 Å². The second kappa shape index (κ2) is 5.79. The Kier molecular flexibility index (Phi) is 5.57. The SMILES string of the molecule is COc1cc(Br)c(O)c([C@@H](N)C(F)(F)F)c1.Cl. The predicted octanol–water partition coefficient (Wildman–Crippen LogP) is 3.15. The fourth-order valence-corrected chi connectivity index (χ4v) is 1.58. The molecule has 1 aromatic carbocycles. The van der Waals surface area contributed by atoms with E-state index in [1.165, 1.54) is 13.2 Å². The normalized spacial score (nSPS) is 12.8. The van der Waals surface area contributed by atoms with Crippen molar-refractivity contribution in [3.05, 3.63) is 22.2 Å². The molecule has 3 N–H and O–H groups in total. The molecule has 0 fully saturated rings. The van der Waals surface area contributed by atoms with E-state index >= 15 is 0 Å². The first-order chi connectivity index (χ1) is 7.27. The van der Waals surface area contributed by atoms with Gasteiger partial charge in [0.1, 0.15) is 17.5 Å². The first-order valence-corrected chi connectivity index (χ1v) is 4.95. The third kappa shape index (κ3) is 3.65. The number of phenolic OH excluding ortho intramolecular Hbond substituents is 1. The first kappa shape index (κ1) is 16.3. The molecule has 98 valence electrons. The van der Waals surface area contributed by atoms with Crippen LogP contribution in [0.1, 0.15) is 11.6 Å². The molecule has 8 heteroatoms. The van der Waals surface area contributed by atoms with Gasteiger partial charge >= 0.3 is 6.18 Å². The summed E-state index contributed by atoms with van der Waals surface area (Å²) in [6.45, 7) is 0. The van der Waals surface area contributed by atoms with Gasteiger partial charge in [0.05, 0.1) is 11.6 Å². The van der Waals surface area contributed by atoms with Crippen LogP contribution in [-0.4, -0.2) is 18.4 Å². The van der Waals surface area contributed by atoms with Crippen LogP contribution in [-0.2, 0) is 0 Å². The fraction of sp³-hybridized carbons (Fsp3) is 0.333. The molecule has 1 atom stereocenters. The van der Waals surface area contributed by atoms with E-state index in [2.05, 4.69) is 15.9 Å². The van der Waals surface area contributed by atoms with Crippen molar-refractivity contribution < 1.29 is 23.0 Å². The molecule has 0 aliphatic carbocycles. The Labute approximate surface area is 110 Å². The van der Waals surface area contributed by atoms with Crippen LogP contribution in [0.4, 0.5) is 13.2 Å². The Bertz CT molecular complexity index is 401. The van der Waals surface area contributed by atoms with Gasteiger partial charge in [-0.15, -0.1) is 12.4 Å². The lowest BCUT2D eigenvalue weighted by Crippen LogP contribution is -2.28. The van der Waals surface area contributed by atoms with Gasteiger partial charge < -0.3 is 15.6 Å². The van der Waals surface area contributed by atoms with Crippen molar-refractivity contribution in [3.63, 3.8) is 0 Å². The van der Waals surface area contributed by atoms with E-state index in [-0.39, 0.29) is 22.6 Å². The molecule has 0 aromatic heterocycles. The Morgan fingerprint density at radius 2 is 1.94 bits per heavy atom. The highest BCUT2D eigenvalue weighted by Gasteiger charge is 2.39. The molecule has 17 heavy (non-hydrogen) atoms. The van der Waals surface area contributed by atoms with Gasteiger partial charge in [-0.05, 0) is 28.1 Å². The van der Waals surface area contributed by atoms with Crippen LogP contribution in [0.2, 0.25) is 0 Å². The number of nitrogens with two attached hydrogens (primary N) is 1. The second-order valence-electron chi connectivity index (χ2n) is 3.07. The number of phenols is 1. The molecular formula is C9H10BrClF3NO2. The molecule has 0 aliphatic heterocycles. The van der Waals surface area contributed by atoms with Crippen LogP contribution in [0.5, 0.6) is 11.5 Å². The van der Waals surface area contributed by atoms with Crippen LogP contribution >= 0.6 is 28.3 Å². The van der Waals surface area contributed by atoms with Crippen LogP contribution in [0, 0.1) is 0 Å². The lowest BCUT2D eigenvalue weighted by atomic mass is 10.1. The summed E-state index contributed by atoms with van der Waals surface area (Å²) in [5.74, 6) is -0.356. The van der Waals surface area contributed by atoms with E-state index in [1.54, 1.807) is 0 Å². The predicted molar refractivity (Wildman–Crippen MR) is 62.6 cm³/mol. The molecule has 0 bridgehead atoms. The second-order valence-corrected chi connectivity index (χ2v) is 3.92. The maximum absolute atomic E-state index is 12.4. The Balaban J connectivity index is 0.00000256. The Morgan fingerprint density at radius 1 is 1.41 bits per heavy atom. The van der Waals surface area contributed by atoms with Crippen molar-refractivity contribution in [2.24, 2.45) is 5.73 Å². The fourth-order valence-electron chi connectivity index (χ4n) is 1.13. The van der Waals surface area contributed by atoms with Crippen molar-refractivity contribution in [1.82, 2.24) is 0 Å². The highest BCUT2D eigenvalue weighted by Crippen LogP contribution is 2.40. The summed E-state index contributed by atoms with van der Waals surface area (Å²) in [4.78, 5) is 0. The third-order valence-electron chi connectivity index (χ3n) is 1.99. The van der Waals surface area contributed by atoms with Crippen molar-refractivity contribution in [3.8, 4) is 11.5 Å². The number of hydrogen-bond acceptors (Lipinski definition) is 3. The molecule has 0 saturated carbocycles. The maximum Gasteiger partial charge on any atom is 0.407 e. The molecule has 0 saturated heterocycles. The minimum atomic E-state index is -4.62. The standard InChI is InChI=1S/C9H9BrF3NO2.ClH/c1-16-4-2-5(7(15)6(10)3-4)8(14)9(11,12)13;/h2-3,8,15H,14H2,1H3;1H/t8-;/m1./s1.